The third kappa shape index (κ3) is 3.44. The number of nitrogens with one attached hydrogen (secondary N) is 1. The molecule has 1 unspecified atom stereocenters. The van der Waals surface area contributed by atoms with E-state index in [1.807, 2.05) is 13.1 Å². The number of piperidine rings is 1. The first-order valence-corrected chi connectivity index (χ1v) is 6.89. The van der Waals surface area contributed by atoms with Crippen molar-refractivity contribution < 1.29 is 4.79 Å². The maximum atomic E-state index is 11.2. The molecule has 1 aliphatic heterocycles. The van der Waals surface area contributed by atoms with Gasteiger partial charge in [-0.1, -0.05) is 0 Å². The highest BCUT2D eigenvalue weighted by molar-refractivity contribution is 5.91. The van der Waals surface area contributed by atoms with Crippen LogP contribution in [0.2, 0.25) is 0 Å². The number of hydrogen-bond acceptors (Lipinski definition) is 4. The summed E-state index contributed by atoms with van der Waals surface area (Å²) in [6.45, 7) is 2.05. The molecule has 1 atom stereocenters. The van der Waals surface area contributed by atoms with E-state index >= 15 is 0 Å². The number of hydrogen-bond donors (Lipinski definition) is 2. The Hall–Kier alpha value is -1.62. The van der Waals surface area contributed by atoms with E-state index in [4.69, 9.17) is 5.73 Å². The first-order valence-electron chi connectivity index (χ1n) is 6.89. The van der Waals surface area contributed by atoms with Crippen molar-refractivity contribution in [2.45, 2.75) is 31.7 Å². The standard InChI is InChI=1S/C14H22N4O/c1-16-7-5-11-4-2-3-9-18(11)12-6-8-17-13(10-12)14(15)19/h6,8,10-11,16H,2-5,7,9H2,1H3,(H2,15,19). The number of nitrogens with two attached hydrogens (primary N) is 1. The molecule has 0 bridgehead atoms. The summed E-state index contributed by atoms with van der Waals surface area (Å²) in [4.78, 5) is 17.6. The molecule has 0 aromatic carbocycles. The van der Waals surface area contributed by atoms with Crippen LogP contribution in [0.3, 0.4) is 0 Å². The van der Waals surface area contributed by atoms with E-state index in [1.165, 1.54) is 19.3 Å². The summed E-state index contributed by atoms with van der Waals surface area (Å²) in [7, 11) is 1.98. The van der Waals surface area contributed by atoms with Gasteiger partial charge in [0, 0.05) is 24.5 Å². The van der Waals surface area contributed by atoms with Crippen LogP contribution in [0.1, 0.15) is 36.2 Å². The second-order valence-corrected chi connectivity index (χ2v) is 5.00. The van der Waals surface area contributed by atoms with Gasteiger partial charge >= 0.3 is 0 Å². The summed E-state index contributed by atoms with van der Waals surface area (Å²) >= 11 is 0. The molecule has 3 N–H and O–H groups in total. The molecule has 0 saturated carbocycles. The van der Waals surface area contributed by atoms with Crippen LogP contribution in [0, 0.1) is 0 Å². The van der Waals surface area contributed by atoms with Crippen LogP contribution in [0.4, 0.5) is 5.69 Å². The normalized spacial score (nSPS) is 19.4. The number of nitrogens with zero attached hydrogens (tertiary/aromatic N) is 2. The van der Waals surface area contributed by atoms with Crippen LogP contribution in [0.15, 0.2) is 18.3 Å². The van der Waals surface area contributed by atoms with Crippen LogP contribution in [-0.2, 0) is 0 Å². The number of aromatic nitrogens is 1. The zero-order valence-electron chi connectivity index (χ0n) is 11.4. The average Bonchev–Trinajstić information content (AvgIpc) is 2.45. The topological polar surface area (TPSA) is 71.2 Å². The van der Waals surface area contributed by atoms with Gasteiger partial charge in [-0.05, 0) is 51.4 Å². The van der Waals surface area contributed by atoms with Gasteiger partial charge in [-0.15, -0.1) is 0 Å². The summed E-state index contributed by atoms with van der Waals surface area (Å²) in [5, 5.41) is 3.20. The van der Waals surface area contributed by atoms with Crippen molar-refractivity contribution in [3.8, 4) is 0 Å². The van der Waals surface area contributed by atoms with Crippen LogP contribution < -0.4 is 16.0 Å². The largest absolute Gasteiger partial charge is 0.368 e. The van der Waals surface area contributed by atoms with E-state index in [1.54, 1.807) is 12.3 Å². The summed E-state index contributed by atoms with van der Waals surface area (Å²) in [6.07, 6.45) is 6.46. The molecule has 5 heteroatoms. The number of carbonyl (C=O) groups is 1. The lowest BCUT2D eigenvalue weighted by Crippen LogP contribution is -2.41. The van der Waals surface area contributed by atoms with Gasteiger partial charge in [0.2, 0.25) is 0 Å². The van der Waals surface area contributed by atoms with Crippen LogP contribution in [0.5, 0.6) is 0 Å². The zero-order chi connectivity index (χ0) is 13.7. The second kappa shape index (κ2) is 6.52. The van der Waals surface area contributed by atoms with Crippen molar-refractivity contribution in [1.82, 2.24) is 10.3 Å². The Kier molecular flexibility index (Phi) is 4.74. The van der Waals surface area contributed by atoms with Crippen molar-refractivity contribution in [1.29, 1.82) is 0 Å². The molecule has 1 amide bonds. The van der Waals surface area contributed by atoms with E-state index in [0.717, 1.165) is 25.2 Å². The van der Waals surface area contributed by atoms with Crippen molar-refractivity contribution in [2.75, 3.05) is 25.0 Å². The molecule has 1 aliphatic rings. The molecular formula is C14H22N4O. The Morgan fingerprint density at radius 3 is 3.16 bits per heavy atom. The van der Waals surface area contributed by atoms with Gasteiger partial charge in [0.25, 0.3) is 5.91 Å². The quantitative estimate of drug-likeness (QED) is 0.835. The third-order valence-corrected chi connectivity index (χ3v) is 3.68. The summed E-state index contributed by atoms with van der Waals surface area (Å²) in [5.41, 5.74) is 6.70. The molecule has 1 aromatic rings. The predicted octanol–water partition coefficient (Wildman–Crippen LogP) is 1.15. The fourth-order valence-electron chi connectivity index (χ4n) is 2.68. The Morgan fingerprint density at radius 1 is 1.58 bits per heavy atom. The number of carbonyl (C=O) groups excluding carboxylic acids is 1. The Morgan fingerprint density at radius 2 is 2.42 bits per heavy atom. The van der Waals surface area contributed by atoms with Crippen LogP contribution in [-0.4, -0.2) is 37.1 Å². The number of pyridine rings is 1. The molecule has 1 fully saturated rings. The van der Waals surface area contributed by atoms with Gasteiger partial charge in [0.05, 0.1) is 0 Å². The minimum Gasteiger partial charge on any atom is -0.368 e. The average molecular weight is 262 g/mol. The summed E-state index contributed by atoms with van der Waals surface area (Å²) < 4.78 is 0. The molecule has 0 radical (unpaired) electrons. The van der Waals surface area contributed by atoms with Gasteiger partial charge in [-0.25, -0.2) is 0 Å². The number of rotatable bonds is 5. The third-order valence-electron chi connectivity index (χ3n) is 3.68. The lowest BCUT2D eigenvalue weighted by Gasteiger charge is -2.37. The van der Waals surface area contributed by atoms with E-state index in [-0.39, 0.29) is 0 Å². The number of amides is 1. The number of primary amides is 1. The van der Waals surface area contributed by atoms with E-state index in [2.05, 4.69) is 15.2 Å². The minimum atomic E-state index is -0.467. The van der Waals surface area contributed by atoms with Gasteiger partial charge < -0.3 is 16.0 Å². The van der Waals surface area contributed by atoms with Crippen molar-refractivity contribution in [3.05, 3.63) is 24.0 Å². The van der Waals surface area contributed by atoms with Crippen LogP contribution >= 0.6 is 0 Å². The predicted molar refractivity (Wildman–Crippen MR) is 76.3 cm³/mol. The molecule has 1 aromatic heterocycles. The van der Waals surface area contributed by atoms with Gasteiger partial charge in [0.15, 0.2) is 0 Å². The Labute approximate surface area is 114 Å². The van der Waals surface area contributed by atoms with Gasteiger partial charge in [-0.3, -0.25) is 9.78 Å². The molecule has 2 heterocycles. The Balaban J connectivity index is 2.16. The first-order chi connectivity index (χ1) is 9.22. The monoisotopic (exact) mass is 262 g/mol. The fraction of sp³-hybridized carbons (Fsp3) is 0.571. The van der Waals surface area contributed by atoms with Crippen molar-refractivity contribution >= 4 is 11.6 Å². The van der Waals surface area contributed by atoms with Crippen molar-refractivity contribution in [2.24, 2.45) is 5.73 Å². The molecule has 0 spiro atoms. The van der Waals surface area contributed by atoms with Crippen molar-refractivity contribution in [3.63, 3.8) is 0 Å². The highest BCUT2D eigenvalue weighted by atomic mass is 16.1. The maximum absolute atomic E-state index is 11.2. The minimum absolute atomic E-state index is 0.343. The lowest BCUT2D eigenvalue weighted by atomic mass is 9.98. The molecule has 1 saturated heterocycles. The zero-order valence-corrected chi connectivity index (χ0v) is 11.4. The highest BCUT2D eigenvalue weighted by Gasteiger charge is 2.22. The van der Waals surface area contributed by atoms with Crippen LogP contribution in [0.25, 0.3) is 0 Å². The Bertz CT molecular complexity index is 435. The summed E-state index contributed by atoms with van der Waals surface area (Å²) in [5.74, 6) is -0.467. The lowest BCUT2D eigenvalue weighted by molar-refractivity contribution is 0.0995. The summed E-state index contributed by atoms with van der Waals surface area (Å²) in [6, 6.07) is 4.30. The first kappa shape index (κ1) is 13.8. The number of anilines is 1. The van der Waals surface area contributed by atoms with Gasteiger partial charge in [-0.2, -0.15) is 0 Å². The highest BCUT2D eigenvalue weighted by Crippen LogP contribution is 2.26. The van der Waals surface area contributed by atoms with Gasteiger partial charge in [0.1, 0.15) is 5.69 Å². The van der Waals surface area contributed by atoms with E-state index in [0.29, 0.717) is 11.7 Å². The van der Waals surface area contributed by atoms with E-state index in [9.17, 15) is 4.79 Å². The molecule has 0 aliphatic carbocycles. The molecule has 5 nitrogen and oxygen atoms in total. The fourth-order valence-corrected chi connectivity index (χ4v) is 2.68. The molecular weight excluding hydrogens is 240 g/mol. The molecule has 19 heavy (non-hydrogen) atoms. The molecule has 2 rings (SSSR count). The second-order valence-electron chi connectivity index (χ2n) is 5.00. The molecule has 104 valence electrons. The SMILES string of the molecule is CNCCC1CCCCN1c1ccnc(C(N)=O)c1. The maximum Gasteiger partial charge on any atom is 0.267 e. The smallest absolute Gasteiger partial charge is 0.267 e. The van der Waals surface area contributed by atoms with E-state index < -0.39 is 5.91 Å².